The molecule has 0 fully saturated rings. The van der Waals surface area contributed by atoms with E-state index in [0.717, 1.165) is 0 Å². The lowest BCUT2D eigenvalue weighted by Crippen LogP contribution is -2.42. The molecule has 0 saturated carbocycles. The van der Waals surface area contributed by atoms with Crippen molar-refractivity contribution in [3.63, 3.8) is 0 Å². The molecule has 0 aliphatic heterocycles. The average Bonchev–Trinajstić information content (AvgIpc) is 3.23. The maximum Gasteiger partial charge on any atom is 0.305 e. The minimum absolute atomic E-state index is 0.0887. The Balaban J connectivity index is 1.93. The highest BCUT2D eigenvalue weighted by atomic mass is 16.5. The van der Waals surface area contributed by atoms with Gasteiger partial charge in [0.1, 0.15) is 6.61 Å². The van der Waals surface area contributed by atoms with Gasteiger partial charge in [0, 0.05) is 24.4 Å². The number of hydrogen-bond acceptors (Lipinski definition) is 6. The van der Waals surface area contributed by atoms with Gasteiger partial charge in [0.15, 0.2) is 12.1 Å². The molecular formula is C18H23N7O4. The Kier molecular flexibility index (Phi) is 7.71. The second kappa shape index (κ2) is 10.4. The van der Waals surface area contributed by atoms with E-state index < -0.39 is 23.9 Å². The van der Waals surface area contributed by atoms with Crippen molar-refractivity contribution in [3.05, 3.63) is 48.3 Å². The third-order valence-electron chi connectivity index (χ3n) is 3.64. The quantitative estimate of drug-likeness (QED) is 0.256. The second-order valence-electron chi connectivity index (χ2n) is 5.88. The first kappa shape index (κ1) is 21.4. The van der Waals surface area contributed by atoms with Crippen molar-refractivity contribution in [3.8, 4) is 0 Å². The molecule has 2 rings (SSSR count). The van der Waals surface area contributed by atoms with Crippen LogP contribution in [0.25, 0.3) is 0 Å². The first-order valence-corrected chi connectivity index (χ1v) is 8.81. The number of nitrogens with zero attached hydrogens (tertiary/aromatic N) is 3. The van der Waals surface area contributed by atoms with Gasteiger partial charge in [-0.1, -0.05) is 13.0 Å². The number of guanidine groups is 1. The number of nitrogens with one attached hydrogen (secondary N) is 2. The molecule has 1 unspecified atom stereocenters. The summed E-state index contributed by atoms with van der Waals surface area (Å²) in [7, 11) is 0. The summed E-state index contributed by atoms with van der Waals surface area (Å²) >= 11 is 0. The van der Waals surface area contributed by atoms with Crippen molar-refractivity contribution < 1.29 is 19.1 Å². The van der Waals surface area contributed by atoms with Gasteiger partial charge in [-0.25, -0.2) is 9.67 Å². The largest absolute Gasteiger partial charge is 0.461 e. The minimum atomic E-state index is -0.699. The minimum Gasteiger partial charge on any atom is -0.461 e. The normalized spacial score (nSPS) is 11.2. The monoisotopic (exact) mass is 401 g/mol. The molecular weight excluding hydrogens is 378 g/mol. The smallest absolute Gasteiger partial charge is 0.305 e. The van der Waals surface area contributed by atoms with Gasteiger partial charge in [0.25, 0.3) is 5.91 Å². The fraction of sp³-hybridized carbons (Fsp3) is 0.278. The van der Waals surface area contributed by atoms with E-state index in [4.69, 9.17) is 16.2 Å². The molecule has 2 aromatic rings. The topological polar surface area (TPSA) is 167 Å². The Bertz CT molecular complexity index is 876. The van der Waals surface area contributed by atoms with Crippen molar-refractivity contribution in [1.29, 1.82) is 0 Å². The number of carbonyl (C=O) groups is 3. The zero-order valence-electron chi connectivity index (χ0n) is 15.9. The van der Waals surface area contributed by atoms with Gasteiger partial charge in [-0.15, -0.1) is 0 Å². The van der Waals surface area contributed by atoms with Gasteiger partial charge >= 0.3 is 5.97 Å². The molecule has 6 N–H and O–H groups in total. The maximum atomic E-state index is 12.3. The summed E-state index contributed by atoms with van der Waals surface area (Å²) in [6.45, 7) is 1.29. The fourth-order valence-corrected chi connectivity index (χ4v) is 2.29. The highest BCUT2D eigenvalue weighted by Gasteiger charge is 2.17. The average molecular weight is 401 g/mol. The fourth-order valence-electron chi connectivity index (χ4n) is 2.29. The Morgan fingerprint density at radius 3 is 2.72 bits per heavy atom. The van der Waals surface area contributed by atoms with E-state index in [1.807, 2.05) is 0 Å². The third-order valence-corrected chi connectivity index (χ3v) is 3.64. The molecule has 11 nitrogen and oxygen atoms in total. The van der Waals surface area contributed by atoms with Crippen LogP contribution < -0.4 is 22.1 Å². The van der Waals surface area contributed by atoms with Crippen LogP contribution in [0.15, 0.2) is 47.7 Å². The van der Waals surface area contributed by atoms with Crippen LogP contribution in [-0.2, 0) is 14.3 Å². The summed E-state index contributed by atoms with van der Waals surface area (Å²) in [4.78, 5) is 39.8. The molecule has 154 valence electrons. The molecule has 0 spiro atoms. The Morgan fingerprint density at radius 1 is 1.28 bits per heavy atom. The first-order valence-electron chi connectivity index (χ1n) is 8.81. The van der Waals surface area contributed by atoms with Crippen LogP contribution in [0.4, 0.5) is 5.69 Å². The lowest BCUT2D eigenvalue weighted by Gasteiger charge is -2.19. The van der Waals surface area contributed by atoms with Crippen LogP contribution >= 0.6 is 0 Å². The molecule has 1 heterocycles. The molecule has 1 aromatic carbocycles. The number of ether oxygens (including phenoxy) is 1. The van der Waals surface area contributed by atoms with Gasteiger partial charge in [-0.05, 0) is 24.3 Å². The van der Waals surface area contributed by atoms with E-state index in [1.165, 1.54) is 16.9 Å². The summed E-state index contributed by atoms with van der Waals surface area (Å²) in [5.41, 5.74) is 11.4. The van der Waals surface area contributed by atoms with E-state index in [1.54, 1.807) is 37.4 Å². The highest BCUT2D eigenvalue weighted by Crippen LogP contribution is 2.13. The number of hydrogen-bond donors (Lipinski definition) is 4. The van der Waals surface area contributed by atoms with E-state index >= 15 is 0 Å². The molecule has 0 bridgehead atoms. The van der Waals surface area contributed by atoms with Gasteiger partial charge in [-0.2, -0.15) is 5.10 Å². The van der Waals surface area contributed by atoms with Gasteiger partial charge in [0.05, 0.1) is 12.2 Å². The van der Waals surface area contributed by atoms with Crippen molar-refractivity contribution in [2.24, 2.45) is 16.5 Å². The standard InChI is InChI=1S/C18H23N7O4/c1-2-16(27)29-11-14(25-8-4-7-22-25)24-15(26)10-21-17(28)12-5-3-6-13(9-12)23-18(19)20/h3-9,14H,2,10-11H2,1H3,(H,21,28)(H,24,26)(H4,19,20,23). The second-order valence-corrected chi connectivity index (χ2v) is 5.88. The third kappa shape index (κ3) is 6.97. The zero-order chi connectivity index (χ0) is 21.2. The number of benzene rings is 1. The SMILES string of the molecule is CCC(=O)OCC(NC(=O)CNC(=O)c1cccc(N=C(N)N)c1)n1cccn1. The Morgan fingerprint density at radius 2 is 2.07 bits per heavy atom. The van der Waals surface area contributed by atoms with Gasteiger partial charge < -0.3 is 26.8 Å². The maximum absolute atomic E-state index is 12.3. The number of amides is 2. The predicted octanol–water partition coefficient (Wildman–Crippen LogP) is -0.214. The highest BCUT2D eigenvalue weighted by molar-refractivity contribution is 5.97. The van der Waals surface area contributed by atoms with E-state index in [0.29, 0.717) is 11.3 Å². The van der Waals surface area contributed by atoms with Crippen LogP contribution in [0.3, 0.4) is 0 Å². The van der Waals surface area contributed by atoms with Gasteiger partial charge in [0.2, 0.25) is 5.91 Å². The summed E-state index contributed by atoms with van der Waals surface area (Å²) in [5, 5.41) is 9.20. The van der Waals surface area contributed by atoms with Crippen LogP contribution in [0.5, 0.6) is 0 Å². The Labute approximate surface area is 167 Å². The summed E-state index contributed by atoms with van der Waals surface area (Å²) in [6.07, 6.45) is 2.68. The number of rotatable bonds is 9. The molecule has 0 saturated heterocycles. The number of nitrogens with two attached hydrogens (primary N) is 2. The van der Waals surface area contributed by atoms with E-state index in [-0.39, 0.29) is 25.5 Å². The van der Waals surface area contributed by atoms with Crippen molar-refractivity contribution in [2.75, 3.05) is 13.2 Å². The molecule has 0 aliphatic carbocycles. The van der Waals surface area contributed by atoms with E-state index in [2.05, 4.69) is 20.7 Å². The number of aromatic nitrogens is 2. The lowest BCUT2D eigenvalue weighted by molar-refractivity contribution is -0.145. The van der Waals surface area contributed by atoms with Crippen LogP contribution in [0.1, 0.15) is 29.9 Å². The molecule has 1 atom stereocenters. The molecule has 11 heteroatoms. The van der Waals surface area contributed by atoms with Crippen LogP contribution in [0.2, 0.25) is 0 Å². The Hall–Kier alpha value is -3.89. The molecule has 0 radical (unpaired) electrons. The number of aliphatic imine (C=N–C) groups is 1. The summed E-state index contributed by atoms with van der Waals surface area (Å²) < 4.78 is 6.53. The van der Waals surface area contributed by atoms with Crippen molar-refractivity contribution in [2.45, 2.75) is 19.5 Å². The van der Waals surface area contributed by atoms with E-state index in [9.17, 15) is 14.4 Å². The van der Waals surface area contributed by atoms with Crippen LogP contribution in [0, 0.1) is 0 Å². The zero-order valence-corrected chi connectivity index (χ0v) is 15.9. The van der Waals surface area contributed by atoms with Crippen molar-refractivity contribution >= 4 is 29.4 Å². The summed E-state index contributed by atoms with van der Waals surface area (Å²) in [6, 6.07) is 7.98. The predicted molar refractivity (Wildman–Crippen MR) is 105 cm³/mol. The number of carbonyl (C=O) groups excluding carboxylic acids is 3. The van der Waals surface area contributed by atoms with Crippen molar-refractivity contribution in [1.82, 2.24) is 20.4 Å². The molecule has 29 heavy (non-hydrogen) atoms. The lowest BCUT2D eigenvalue weighted by atomic mass is 10.2. The molecule has 2 amide bonds. The summed E-state index contributed by atoms with van der Waals surface area (Å²) in [5.74, 6) is -1.48. The molecule has 0 aliphatic rings. The molecule has 1 aromatic heterocycles. The van der Waals surface area contributed by atoms with Crippen LogP contribution in [-0.4, -0.2) is 46.7 Å². The van der Waals surface area contributed by atoms with Gasteiger partial charge in [-0.3, -0.25) is 14.4 Å². The first-order chi connectivity index (χ1) is 13.9. The number of esters is 1.